The second-order valence-corrected chi connectivity index (χ2v) is 9.81. The number of benzene rings is 1. The third kappa shape index (κ3) is 6.47. The lowest BCUT2D eigenvalue weighted by molar-refractivity contribution is -0.137. The van der Waals surface area contributed by atoms with Gasteiger partial charge in [0.1, 0.15) is 0 Å². The summed E-state index contributed by atoms with van der Waals surface area (Å²) in [6.45, 7) is 0. The minimum absolute atomic E-state index is 0.200. The van der Waals surface area contributed by atoms with E-state index in [-0.39, 0.29) is 17.1 Å². The van der Waals surface area contributed by atoms with Crippen LogP contribution in [0.25, 0.3) is 6.08 Å². The summed E-state index contributed by atoms with van der Waals surface area (Å²) < 4.78 is 50.5. The van der Waals surface area contributed by atoms with E-state index in [4.69, 9.17) is 5.73 Å². The summed E-state index contributed by atoms with van der Waals surface area (Å²) in [5, 5.41) is 9.36. The molecule has 0 spiro atoms. The van der Waals surface area contributed by atoms with Gasteiger partial charge in [-0.15, -0.1) is 0 Å². The van der Waals surface area contributed by atoms with Crippen molar-refractivity contribution in [2.45, 2.75) is 50.5 Å². The van der Waals surface area contributed by atoms with Gasteiger partial charge in [-0.05, 0) is 36.1 Å². The third-order valence-electron chi connectivity index (χ3n) is 5.07. The molecule has 1 aromatic carbocycles. The van der Waals surface area contributed by atoms with E-state index in [1.54, 1.807) is 0 Å². The van der Waals surface area contributed by atoms with Crippen molar-refractivity contribution in [3.05, 3.63) is 41.0 Å². The average molecular weight is 419 g/mol. The van der Waals surface area contributed by atoms with E-state index in [0.717, 1.165) is 62.4 Å². The molecule has 1 aliphatic carbocycles. The number of aliphatic carboxylic acids is 1. The first-order valence-electron chi connectivity index (χ1n) is 9.17. The number of rotatable bonds is 7. The van der Waals surface area contributed by atoms with Crippen molar-refractivity contribution in [2.75, 3.05) is 6.16 Å². The molecule has 0 aliphatic heterocycles. The monoisotopic (exact) mass is 419 g/mol. The Morgan fingerprint density at radius 2 is 1.79 bits per heavy atom. The predicted molar refractivity (Wildman–Crippen MR) is 101 cm³/mol. The lowest BCUT2D eigenvalue weighted by Gasteiger charge is -2.27. The zero-order valence-electron chi connectivity index (χ0n) is 15.4. The van der Waals surface area contributed by atoms with Crippen LogP contribution < -0.4 is 5.73 Å². The topological polar surface area (TPSA) is 101 Å². The number of hydrogen-bond donors (Lipinski definition) is 3. The second kappa shape index (κ2) is 9.25. The Hall–Kier alpha value is -1.63. The first-order valence-corrected chi connectivity index (χ1v) is 11.1. The molecule has 4 N–H and O–H groups in total. The van der Waals surface area contributed by atoms with E-state index in [1.165, 1.54) is 0 Å². The van der Waals surface area contributed by atoms with E-state index in [0.29, 0.717) is 6.42 Å². The molecule has 156 valence electrons. The predicted octanol–water partition coefficient (Wildman–Crippen LogP) is 4.70. The third-order valence-corrected chi connectivity index (χ3v) is 7.11. The molecule has 5 nitrogen and oxygen atoms in total. The number of halogens is 3. The van der Waals surface area contributed by atoms with Gasteiger partial charge in [-0.3, -0.25) is 4.57 Å². The Morgan fingerprint density at radius 3 is 2.29 bits per heavy atom. The van der Waals surface area contributed by atoms with Gasteiger partial charge in [0.15, 0.2) is 0 Å². The van der Waals surface area contributed by atoms with Gasteiger partial charge < -0.3 is 15.7 Å². The summed E-state index contributed by atoms with van der Waals surface area (Å²) in [7, 11) is -3.98. The first kappa shape index (κ1) is 22.7. The van der Waals surface area contributed by atoms with E-state index >= 15 is 0 Å². The maximum Gasteiger partial charge on any atom is 0.416 e. The Balaban J connectivity index is 2.12. The molecule has 0 aromatic heterocycles. The van der Waals surface area contributed by atoms with Crippen LogP contribution in [0.15, 0.2) is 29.8 Å². The number of carboxylic acids is 1. The fraction of sp³-hybridized carbons (Fsp3) is 0.526. The second-order valence-electron chi connectivity index (χ2n) is 7.32. The maximum atomic E-state index is 12.7. The minimum Gasteiger partial charge on any atom is -0.478 e. The van der Waals surface area contributed by atoms with Gasteiger partial charge in [0.25, 0.3) is 0 Å². The van der Waals surface area contributed by atoms with Crippen molar-refractivity contribution in [1.29, 1.82) is 0 Å². The Labute approximate surface area is 161 Å². The molecule has 1 saturated carbocycles. The molecule has 1 aromatic rings. The van der Waals surface area contributed by atoms with Crippen LogP contribution in [0.4, 0.5) is 13.2 Å². The van der Waals surface area contributed by atoms with Gasteiger partial charge in [0.05, 0.1) is 17.5 Å². The summed E-state index contributed by atoms with van der Waals surface area (Å²) in [4.78, 5) is 21.8. The highest BCUT2D eigenvalue weighted by Crippen LogP contribution is 2.49. The van der Waals surface area contributed by atoms with Crippen LogP contribution in [-0.2, 0) is 15.5 Å². The first-order chi connectivity index (χ1) is 13.0. The zero-order chi connectivity index (χ0) is 20.9. The Morgan fingerprint density at radius 1 is 1.21 bits per heavy atom. The maximum absolute atomic E-state index is 12.7. The summed E-state index contributed by atoms with van der Waals surface area (Å²) in [6.07, 6.45) is 1.49. The molecule has 0 bridgehead atoms. The molecule has 2 atom stereocenters. The molecule has 1 aliphatic rings. The SMILES string of the molecule is NC(CC1CCCCC1)P(=O)(O)C/C(=C\c1ccc(C(F)(F)F)cc1)C(=O)O. The zero-order valence-corrected chi connectivity index (χ0v) is 16.3. The van der Waals surface area contributed by atoms with Crippen LogP contribution in [0.3, 0.4) is 0 Å². The van der Waals surface area contributed by atoms with E-state index in [1.807, 2.05) is 0 Å². The normalized spacial score (nSPS) is 19.8. The smallest absolute Gasteiger partial charge is 0.416 e. The summed E-state index contributed by atoms with van der Waals surface area (Å²) >= 11 is 0. The van der Waals surface area contributed by atoms with Crippen LogP contribution >= 0.6 is 7.37 Å². The fourth-order valence-corrected chi connectivity index (χ4v) is 5.01. The Kier molecular flexibility index (Phi) is 7.48. The molecular formula is C19H25F3NO4P. The molecule has 0 heterocycles. The van der Waals surface area contributed by atoms with Gasteiger partial charge in [0, 0.05) is 5.57 Å². The van der Waals surface area contributed by atoms with Crippen LogP contribution in [0, 0.1) is 5.92 Å². The average Bonchev–Trinajstić information content (AvgIpc) is 2.61. The molecule has 2 rings (SSSR count). The van der Waals surface area contributed by atoms with Crippen LogP contribution in [-0.4, -0.2) is 27.9 Å². The van der Waals surface area contributed by atoms with Gasteiger partial charge in [-0.1, -0.05) is 44.2 Å². The number of nitrogens with two attached hydrogens (primary N) is 1. The van der Waals surface area contributed by atoms with Gasteiger partial charge >= 0.3 is 12.1 Å². The van der Waals surface area contributed by atoms with Crippen molar-refractivity contribution < 1.29 is 32.5 Å². The minimum atomic E-state index is -4.50. The van der Waals surface area contributed by atoms with Crippen molar-refractivity contribution in [1.82, 2.24) is 0 Å². The largest absolute Gasteiger partial charge is 0.478 e. The van der Waals surface area contributed by atoms with Crippen LogP contribution in [0.1, 0.15) is 49.7 Å². The number of hydrogen-bond acceptors (Lipinski definition) is 3. The Bertz CT molecular complexity index is 755. The molecule has 28 heavy (non-hydrogen) atoms. The molecule has 0 saturated heterocycles. The fourth-order valence-electron chi connectivity index (χ4n) is 3.43. The van der Waals surface area contributed by atoms with Crippen molar-refractivity contribution in [3.63, 3.8) is 0 Å². The highest BCUT2D eigenvalue weighted by molar-refractivity contribution is 7.59. The molecular weight excluding hydrogens is 394 g/mol. The van der Waals surface area contributed by atoms with Crippen molar-refractivity contribution in [3.8, 4) is 0 Å². The van der Waals surface area contributed by atoms with E-state index in [9.17, 15) is 32.5 Å². The summed E-state index contributed by atoms with van der Waals surface area (Å²) in [5.41, 5.74) is 4.92. The van der Waals surface area contributed by atoms with Crippen LogP contribution in [0.5, 0.6) is 0 Å². The quantitative estimate of drug-likeness (QED) is 0.439. The van der Waals surface area contributed by atoms with Crippen molar-refractivity contribution in [2.24, 2.45) is 11.7 Å². The summed E-state index contributed by atoms with van der Waals surface area (Å²) in [5.74, 6) is -2.17. The lowest BCUT2D eigenvalue weighted by Crippen LogP contribution is -2.27. The molecule has 2 unspecified atom stereocenters. The number of carboxylic acid groups (broad SMARTS) is 1. The highest BCUT2D eigenvalue weighted by atomic mass is 31.2. The van der Waals surface area contributed by atoms with Gasteiger partial charge in [-0.25, -0.2) is 4.79 Å². The number of carbonyl (C=O) groups is 1. The van der Waals surface area contributed by atoms with Gasteiger partial charge in [-0.2, -0.15) is 13.2 Å². The lowest BCUT2D eigenvalue weighted by atomic mass is 9.87. The molecule has 9 heteroatoms. The molecule has 1 fully saturated rings. The molecule has 0 radical (unpaired) electrons. The van der Waals surface area contributed by atoms with Crippen LogP contribution in [0.2, 0.25) is 0 Å². The van der Waals surface area contributed by atoms with E-state index < -0.39 is 37.0 Å². The molecule has 0 amide bonds. The van der Waals surface area contributed by atoms with Crippen molar-refractivity contribution >= 4 is 19.4 Å². The van der Waals surface area contributed by atoms with Gasteiger partial charge in [0.2, 0.25) is 7.37 Å². The van der Waals surface area contributed by atoms with E-state index in [2.05, 4.69) is 0 Å². The standard InChI is InChI=1S/C19H25F3NO4P/c20-19(21,22)16-8-6-14(7-9-16)10-15(18(24)25)12-28(26,27)17(23)11-13-4-2-1-3-5-13/h6-10,13,17H,1-5,11-12,23H2,(H,24,25)(H,26,27)/b15-10+. The summed E-state index contributed by atoms with van der Waals surface area (Å²) in [6, 6.07) is 3.91. The number of alkyl halides is 3. The highest BCUT2D eigenvalue weighted by Gasteiger charge is 2.33.